The number of nitrogens with one attached hydrogen (secondary N) is 1. The lowest BCUT2D eigenvalue weighted by Crippen LogP contribution is -2.49. The van der Waals surface area contributed by atoms with Gasteiger partial charge in [0, 0.05) is 48.9 Å². The van der Waals surface area contributed by atoms with Gasteiger partial charge in [0.25, 0.3) is 0 Å². The van der Waals surface area contributed by atoms with Gasteiger partial charge in [-0.05, 0) is 55.1 Å². The van der Waals surface area contributed by atoms with Gasteiger partial charge in [0.15, 0.2) is 0 Å². The highest BCUT2D eigenvalue weighted by Crippen LogP contribution is 2.41. The second-order valence-electron chi connectivity index (χ2n) is 8.98. The smallest absolute Gasteiger partial charge is 0.226 e. The van der Waals surface area contributed by atoms with Gasteiger partial charge in [-0.1, -0.05) is 6.07 Å². The van der Waals surface area contributed by atoms with Crippen molar-refractivity contribution in [2.45, 2.75) is 25.8 Å². The number of piperazine rings is 1. The Bertz CT molecular complexity index is 1230. The van der Waals surface area contributed by atoms with Crippen LogP contribution in [0.25, 0.3) is 10.2 Å². The van der Waals surface area contributed by atoms with E-state index in [9.17, 15) is 4.79 Å². The minimum absolute atomic E-state index is 0.0827. The standard InChI is InChI=1S/C24H26N6OS/c1-29-6-8-30(9-7-29)24(31)15-3-5-19-20(11-15)32-23-21(19)22(26-14-27-23)28-18-4-2-16-12-25-13-17(16)10-18/h2,4,10,13-15H,3,5-9,11-12H2,1H3,(H,26,27,28)/t15-/m0/s1. The molecule has 0 saturated carbocycles. The van der Waals surface area contributed by atoms with E-state index in [-0.39, 0.29) is 5.92 Å². The summed E-state index contributed by atoms with van der Waals surface area (Å²) in [5.74, 6) is 1.26. The van der Waals surface area contributed by atoms with Gasteiger partial charge >= 0.3 is 0 Å². The van der Waals surface area contributed by atoms with E-state index < -0.39 is 0 Å². The minimum Gasteiger partial charge on any atom is -0.340 e. The third kappa shape index (κ3) is 3.47. The van der Waals surface area contributed by atoms with Crippen LogP contribution in [0.1, 0.15) is 28.0 Å². The Morgan fingerprint density at radius 3 is 2.94 bits per heavy atom. The molecule has 1 N–H and O–H groups in total. The topological polar surface area (TPSA) is 73.7 Å². The Hall–Kier alpha value is -2.84. The van der Waals surface area contributed by atoms with E-state index in [0.717, 1.165) is 79.3 Å². The van der Waals surface area contributed by atoms with Crippen LogP contribution < -0.4 is 5.32 Å². The van der Waals surface area contributed by atoms with Gasteiger partial charge in [0.05, 0.1) is 11.9 Å². The molecule has 7 nitrogen and oxygen atoms in total. The van der Waals surface area contributed by atoms with Crippen LogP contribution in [0.5, 0.6) is 0 Å². The molecule has 1 atom stereocenters. The number of rotatable bonds is 3. The van der Waals surface area contributed by atoms with Crippen LogP contribution in [-0.2, 0) is 24.2 Å². The van der Waals surface area contributed by atoms with Crippen LogP contribution >= 0.6 is 11.3 Å². The number of aromatic nitrogens is 2. The second-order valence-corrected chi connectivity index (χ2v) is 10.1. The fraction of sp³-hybridized carbons (Fsp3) is 0.417. The van der Waals surface area contributed by atoms with Gasteiger partial charge in [-0.25, -0.2) is 9.97 Å². The zero-order valence-electron chi connectivity index (χ0n) is 18.2. The van der Waals surface area contributed by atoms with Crippen molar-refractivity contribution in [2.24, 2.45) is 10.9 Å². The Morgan fingerprint density at radius 1 is 1.19 bits per heavy atom. The van der Waals surface area contributed by atoms with E-state index in [1.807, 2.05) is 6.21 Å². The predicted molar refractivity (Wildman–Crippen MR) is 128 cm³/mol. The summed E-state index contributed by atoms with van der Waals surface area (Å²) in [5.41, 5.74) is 4.75. The Labute approximate surface area is 191 Å². The average molecular weight is 447 g/mol. The Balaban J connectivity index is 1.26. The lowest BCUT2D eigenvalue weighted by Gasteiger charge is -2.35. The number of thiophene rings is 1. The number of fused-ring (bicyclic) bond motifs is 4. The van der Waals surface area contributed by atoms with Gasteiger partial charge in [0.2, 0.25) is 5.91 Å². The highest BCUT2D eigenvalue weighted by molar-refractivity contribution is 7.19. The third-order valence-corrected chi connectivity index (χ3v) is 8.07. The molecule has 3 aromatic rings. The molecule has 4 heterocycles. The molecule has 8 heteroatoms. The normalized spacial score (nSPS) is 20.4. The predicted octanol–water partition coefficient (Wildman–Crippen LogP) is 3.25. The summed E-state index contributed by atoms with van der Waals surface area (Å²) in [6.45, 7) is 4.38. The van der Waals surface area contributed by atoms with E-state index in [0.29, 0.717) is 5.91 Å². The molecular weight excluding hydrogens is 420 g/mol. The van der Waals surface area contributed by atoms with Gasteiger partial charge in [0.1, 0.15) is 17.0 Å². The number of hydrogen-bond acceptors (Lipinski definition) is 7. The summed E-state index contributed by atoms with van der Waals surface area (Å²) in [6.07, 6.45) is 6.18. The van der Waals surface area contributed by atoms with Gasteiger partial charge < -0.3 is 15.1 Å². The number of carbonyl (C=O) groups is 1. The molecule has 1 saturated heterocycles. The zero-order valence-corrected chi connectivity index (χ0v) is 19.0. The SMILES string of the molecule is CN1CCN(C(=O)[C@H]2CCc3c(sc4ncnc(Nc5ccc6c(c5)C=NC6)c34)C2)CC1. The molecule has 2 aliphatic heterocycles. The van der Waals surface area contributed by atoms with Crippen molar-refractivity contribution in [3.05, 3.63) is 46.1 Å². The van der Waals surface area contributed by atoms with E-state index in [1.165, 1.54) is 16.0 Å². The van der Waals surface area contributed by atoms with E-state index >= 15 is 0 Å². The molecule has 6 rings (SSSR count). The minimum atomic E-state index is 0.0827. The molecule has 0 radical (unpaired) electrons. The number of anilines is 2. The second kappa shape index (κ2) is 7.94. The molecular formula is C24H26N6OS. The molecule has 1 aliphatic carbocycles. The van der Waals surface area contributed by atoms with E-state index in [4.69, 9.17) is 0 Å². The van der Waals surface area contributed by atoms with Crippen LogP contribution in [-0.4, -0.2) is 65.1 Å². The quantitative estimate of drug-likeness (QED) is 0.669. The van der Waals surface area contributed by atoms with Crippen LogP contribution in [0.15, 0.2) is 29.5 Å². The number of nitrogens with zero attached hydrogens (tertiary/aromatic N) is 5. The van der Waals surface area contributed by atoms with Crippen molar-refractivity contribution in [2.75, 3.05) is 38.5 Å². The highest BCUT2D eigenvalue weighted by atomic mass is 32.1. The fourth-order valence-electron chi connectivity index (χ4n) is 5.02. The first-order valence-electron chi connectivity index (χ1n) is 11.3. The molecule has 2 aromatic heterocycles. The molecule has 1 fully saturated rings. The number of benzene rings is 1. The fourth-order valence-corrected chi connectivity index (χ4v) is 6.28. The summed E-state index contributed by atoms with van der Waals surface area (Å²) >= 11 is 1.72. The molecule has 0 spiro atoms. The summed E-state index contributed by atoms with van der Waals surface area (Å²) in [7, 11) is 2.12. The third-order valence-electron chi connectivity index (χ3n) is 6.91. The molecule has 0 bridgehead atoms. The highest BCUT2D eigenvalue weighted by Gasteiger charge is 2.32. The lowest BCUT2D eigenvalue weighted by molar-refractivity contribution is -0.137. The molecule has 0 unspecified atom stereocenters. The molecule has 3 aliphatic rings. The molecule has 1 aromatic carbocycles. The average Bonchev–Trinajstić information content (AvgIpc) is 3.43. The van der Waals surface area contributed by atoms with E-state index in [2.05, 4.69) is 55.3 Å². The first-order valence-corrected chi connectivity index (χ1v) is 12.1. The van der Waals surface area contributed by atoms with Crippen molar-refractivity contribution in [1.29, 1.82) is 0 Å². The number of carbonyl (C=O) groups excluding carboxylic acids is 1. The summed E-state index contributed by atoms with van der Waals surface area (Å²) in [6, 6.07) is 6.34. The molecule has 164 valence electrons. The number of aryl methyl sites for hydroxylation is 1. The largest absolute Gasteiger partial charge is 0.340 e. The molecule has 1 amide bonds. The van der Waals surface area contributed by atoms with Crippen molar-refractivity contribution >= 4 is 45.2 Å². The number of likely N-dealkylation sites (N-methyl/N-ethyl adjacent to an activating group) is 1. The first-order chi connectivity index (χ1) is 15.7. The van der Waals surface area contributed by atoms with Crippen molar-refractivity contribution < 1.29 is 4.79 Å². The van der Waals surface area contributed by atoms with Gasteiger partial charge in [-0.15, -0.1) is 11.3 Å². The van der Waals surface area contributed by atoms with Gasteiger partial charge in [-0.2, -0.15) is 0 Å². The summed E-state index contributed by atoms with van der Waals surface area (Å²) < 4.78 is 0. The maximum Gasteiger partial charge on any atom is 0.226 e. The van der Waals surface area contributed by atoms with Crippen LogP contribution in [0.3, 0.4) is 0 Å². The van der Waals surface area contributed by atoms with Crippen molar-refractivity contribution in [3.63, 3.8) is 0 Å². The van der Waals surface area contributed by atoms with Gasteiger partial charge in [-0.3, -0.25) is 9.79 Å². The Morgan fingerprint density at radius 2 is 2.06 bits per heavy atom. The maximum absolute atomic E-state index is 13.1. The maximum atomic E-state index is 13.1. The first kappa shape index (κ1) is 19.8. The molecule has 32 heavy (non-hydrogen) atoms. The van der Waals surface area contributed by atoms with Crippen molar-refractivity contribution in [3.8, 4) is 0 Å². The lowest BCUT2D eigenvalue weighted by atomic mass is 9.86. The monoisotopic (exact) mass is 446 g/mol. The van der Waals surface area contributed by atoms with Crippen LogP contribution in [0.4, 0.5) is 11.5 Å². The number of hydrogen-bond donors (Lipinski definition) is 1. The van der Waals surface area contributed by atoms with Crippen LogP contribution in [0.2, 0.25) is 0 Å². The van der Waals surface area contributed by atoms with Crippen molar-refractivity contribution in [1.82, 2.24) is 19.8 Å². The summed E-state index contributed by atoms with van der Waals surface area (Å²) in [5, 5.41) is 4.63. The number of aliphatic imine (C=N–C) groups is 1. The van der Waals surface area contributed by atoms with Crippen LogP contribution in [0, 0.1) is 5.92 Å². The number of amides is 1. The Kier molecular flexibility index (Phi) is 4.91. The zero-order chi connectivity index (χ0) is 21.7. The summed E-state index contributed by atoms with van der Waals surface area (Å²) in [4.78, 5) is 33.3. The van der Waals surface area contributed by atoms with E-state index in [1.54, 1.807) is 17.7 Å².